The van der Waals surface area contributed by atoms with E-state index in [-0.39, 0.29) is 0 Å². The Labute approximate surface area is 182 Å². The van der Waals surface area contributed by atoms with Gasteiger partial charge in [-0.3, -0.25) is 0 Å². The zero-order valence-corrected chi connectivity index (χ0v) is 18.4. The van der Waals surface area contributed by atoms with Crippen molar-refractivity contribution in [2.45, 2.75) is 0 Å². The lowest BCUT2D eigenvalue weighted by atomic mass is 10.3. The summed E-state index contributed by atoms with van der Waals surface area (Å²) in [5.41, 5.74) is 0. The first-order chi connectivity index (χ1) is 12.2. The number of benzene rings is 3. The fourth-order valence-electron chi connectivity index (χ4n) is 2.79. The molecule has 134 valence electrons. The SMILES string of the molecule is O[Si](c1cc(Cl)cc(Cl)c1)(c1cc(Cl)cc(Cl)c1)c1cc(Cl)cc(Cl)c1. The molecule has 0 radical (unpaired) electrons. The second-order valence-electron chi connectivity index (χ2n) is 5.68. The summed E-state index contributed by atoms with van der Waals surface area (Å²) in [4.78, 5) is 12.0. The van der Waals surface area contributed by atoms with Gasteiger partial charge >= 0.3 is 0 Å². The zero-order chi connectivity index (χ0) is 19.1. The molecule has 0 amide bonds. The lowest BCUT2D eigenvalue weighted by molar-refractivity contribution is 0.583. The minimum atomic E-state index is -3.57. The van der Waals surface area contributed by atoms with Crippen LogP contribution in [0.15, 0.2) is 54.6 Å². The maximum absolute atomic E-state index is 12.0. The van der Waals surface area contributed by atoms with Crippen LogP contribution in [0, 0.1) is 0 Å². The minimum Gasteiger partial charge on any atom is -0.421 e. The fraction of sp³-hybridized carbons (Fsp3) is 0. The molecule has 0 atom stereocenters. The van der Waals surface area contributed by atoms with E-state index in [2.05, 4.69) is 0 Å². The lowest BCUT2D eigenvalue weighted by Crippen LogP contribution is -2.67. The molecular weight excluding hydrogens is 473 g/mol. The third kappa shape index (κ3) is 4.19. The van der Waals surface area contributed by atoms with Crippen LogP contribution in [0.1, 0.15) is 0 Å². The van der Waals surface area contributed by atoms with Gasteiger partial charge in [-0.15, -0.1) is 0 Å². The Bertz CT molecular complexity index is 805. The van der Waals surface area contributed by atoms with Gasteiger partial charge in [0.15, 0.2) is 0 Å². The van der Waals surface area contributed by atoms with Crippen molar-refractivity contribution in [3.05, 3.63) is 84.7 Å². The third-order valence-corrected chi connectivity index (χ3v) is 8.52. The van der Waals surface area contributed by atoms with Crippen LogP contribution in [0.2, 0.25) is 30.1 Å². The highest BCUT2D eigenvalue weighted by atomic mass is 35.5. The van der Waals surface area contributed by atoms with Crippen LogP contribution >= 0.6 is 69.6 Å². The highest BCUT2D eigenvalue weighted by Crippen LogP contribution is 2.22. The van der Waals surface area contributed by atoms with E-state index in [0.29, 0.717) is 45.7 Å². The Hall–Kier alpha value is -0.423. The van der Waals surface area contributed by atoms with Crippen molar-refractivity contribution in [1.82, 2.24) is 0 Å². The van der Waals surface area contributed by atoms with Crippen molar-refractivity contribution in [3.63, 3.8) is 0 Å². The van der Waals surface area contributed by atoms with Crippen LogP contribution in [-0.2, 0) is 0 Å². The van der Waals surface area contributed by atoms with Gasteiger partial charge in [0.2, 0.25) is 0 Å². The molecule has 1 N–H and O–H groups in total. The van der Waals surface area contributed by atoms with Crippen molar-refractivity contribution >= 4 is 93.5 Å². The normalized spacial score (nSPS) is 11.7. The Morgan fingerprint density at radius 2 is 0.615 bits per heavy atom. The van der Waals surface area contributed by atoms with E-state index < -0.39 is 8.32 Å². The third-order valence-electron chi connectivity index (χ3n) is 3.84. The molecule has 3 aromatic carbocycles. The fourth-order valence-corrected chi connectivity index (χ4v) is 8.10. The van der Waals surface area contributed by atoms with E-state index in [4.69, 9.17) is 69.6 Å². The second kappa shape index (κ2) is 7.90. The maximum atomic E-state index is 12.0. The molecular formula is C18H10Cl6OSi. The molecule has 0 saturated heterocycles. The van der Waals surface area contributed by atoms with E-state index in [0.717, 1.165) is 0 Å². The van der Waals surface area contributed by atoms with Crippen LogP contribution in [0.25, 0.3) is 0 Å². The van der Waals surface area contributed by atoms with Gasteiger partial charge in [0.25, 0.3) is 8.32 Å². The van der Waals surface area contributed by atoms with Gasteiger partial charge < -0.3 is 4.80 Å². The summed E-state index contributed by atoms with van der Waals surface area (Å²) in [6.45, 7) is 0. The van der Waals surface area contributed by atoms with Crippen LogP contribution < -0.4 is 15.6 Å². The first kappa shape index (κ1) is 20.3. The van der Waals surface area contributed by atoms with Crippen LogP contribution in [0.3, 0.4) is 0 Å². The van der Waals surface area contributed by atoms with E-state index in [1.54, 1.807) is 54.6 Å². The monoisotopic (exact) mass is 480 g/mol. The Morgan fingerprint density at radius 1 is 0.423 bits per heavy atom. The highest BCUT2D eigenvalue weighted by Gasteiger charge is 2.40. The van der Waals surface area contributed by atoms with Gasteiger partial charge in [-0.2, -0.15) is 0 Å². The molecule has 0 aliphatic carbocycles. The zero-order valence-electron chi connectivity index (χ0n) is 12.9. The van der Waals surface area contributed by atoms with Crippen molar-refractivity contribution in [2.24, 2.45) is 0 Å². The molecule has 3 aromatic rings. The quantitative estimate of drug-likeness (QED) is 0.382. The molecule has 0 fully saturated rings. The molecule has 1 nitrogen and oxygen atoms in total. The van der Waals surface area contributed by atoms with Gasteiger partial charge in [-0.05, 0) is 70.2 Å². The molecule has 0 heterocycles. The minimum absolute atomic E-state index is 0.402. The molecule has 0 bridgehead atoms. The Balaban J connectivity index is 2.38. The second-order valence-corrected chi connectivity index (χ2v) is 11.5. The molecule has 0 aliphatic rings. The van der Waals surface area contributed by atoms with Crippen molar-refractivity contribution in [3.8, 4) is 0 Å². The van der Waals surface area contributed by atoms with Gasteiger partial charge in [0.1, 0.15) is 0 Å². The molecule has 0 saturated carbocycles. The van der Waals surface area contributed by atoms with Crippen LogP contribution in [0.5, 0.6) is 0 Å². The summed E-state index contributed by atoms with van der Waals surface area (Å²) in [5.74, 6) is 0. The summed E-state index contributed by atoms with van der Waals surface area (Å²) in [6.07, 6.45) is 0. The molecule has 3 rings (SSSR count). The number of hydrogen-bond donors (Lipinski definition) is 1. The van der Waals surface area contributed by atoms with Crippen molar-refractivity contribution in [2.75, 3.05) is 0 Å². The van der Waals surface area contributed by atoms with Gasteiger partial charge in [0, 0.05) is 30.1 Å². The Morgan fingerprint density at radius 3 is 0.808 bits per heavy atom. The molecule has 26 heavy (non-hydrogen) atoms. The first-order valence-corrected chi connectivity index (χ1v) is 11.5. The predicted octanol–water partition coefficient (Wildman–Crippen LogP) is 5.57. The molecule has 0 aromatic heterocycles. The van der Waals surface area contributed by atoms with E-state index in [9.17, 15) is 4.80 Å². The van der Waals surface area contributed by atoms with E-state index in [1.165, 1.54) is 0 Å². The number of rotatable bonds is 3. The average molecular weight is 483 g/mol. The topological polar surface area (TPSA) is 20.2 Å². The van der Waals surface area contributed by atoms with E-state index >= 15 is 0 Å². The maximum Gasteiger partial charge on any atom is 0.285 e. The predicted molar refractivity (Wildman–Crippen MR) is 116 cm³/mol. The summed E-state index contributed by atoms with van der Waals surface area (Å²) < 4.78 is 0. The van der Waals surface area contributed by atoms with E-state index in [1.807, 2.05) is 0 Å². The van der Waals surface area contributed by atoms with Gasteiger partial charge in [-0.1, -0.05) is 69.6 Å². The summed E-state index contributed by atoms with van der Waals surface area (Å²) in [7, 11) is -3.57. The van der Waals surface area contributed by atoms with Gasteiger partial charge in [-0.25, -0.2) is 0 Å². The summed E-state index contributed by atoms with van der Waals surface area (Å²) in [6, 6.07) is 14.8. The Kier molecular flexibility index (Phi) is 6.17. The highest BCUT2D eigenvalue weighted by molar-refractivity contribution is 7.06. The molecule has 0 aliphatic heterocycles. The summed E-state index contributed by atoms with van der Waals surface area (Å²) >= 11 is 37.1. The van der Waals surface area contributed by atoms with Crippen molar-refractivity contribution in [1.29, 1.82) is 0 Å². The molecule has 0 spiro atoms. The smallest absolute Gasteiger partial charge is 0.285 e. The standard InChI is InChI=1S/C18H10Cl6OSi/c19-10-1-11(20)5-16(4-10)26(25,17-6-12(21)2-13(22)7-17)18-8-14(23)3-15(24)9-18/h1-9,25H. The summed E-state index contributed by atoms with van der Waals surface area (Å²) in [5, 5.41) is 4.10. The number of hydrogen-bond acceptors (Lipinski definition) is 1. The average Bonchev–Trinajstić information content (AvgIpc) is 2.51. The largest absolute Gasteiger partial charge is 0.421 e. The lowest BCUT2D eigenvalue weighted by Gasteiger charge is -2.28. The van der Waals surface area contributed by atoms with Crippen molar-refractivity contribution < 1.29 is 4.80 Å². The molecule has 0 unspecified atom stereocenters. The first-order valence-electron chi connectivity index (χ1n) is 7.30. The number of halogens is 6. The van der Waals surface area contributed by atoms with Crippen LogP contribution in [0.4, 0.5) is 0 Å². The van der Waals surface area contributed by atoms with Gasteiger partial charge in [0.05, 0.1) is 0 Å². The molecule has 8 heteroatoms. The van der Waals surface area contributed by atoms with Crippen LogP contribution in [-0.4, -0.2) is 13.1 Å².